The first-order valence-electron chi connectivity index (χ1n) is 9.17. The minimum Gasteiger partial charge on any atom is -0.470 e. The normalized spacial score (nSPS) is 18.5. The molecular weight excluding hydrogens is 369 g/mol. The van der Waals surface area contributed by atoms with Crippen LogP contribution in [0.1, 0.15) is 18.4 Å². The Bertz CT molecular complexity index is 982. The van der Waals surface area contributed by atoms with Crippen molar-refractivity contribution in [1.82, 2.24) is 19.7 Å². The third kappa shape index (κ3) is 3.56. The molecule has 1 atom stereocenters. The number of fused-ring (bicyclic) bond motifs is 1. The van der Waals surface area contributed by atoms with Crippen LogP contribution in [0.15, 0.2) is 36.5 Å². The number of hydrogen-bond donors (Lipinski definition) is 0. The highest BCUT2D eigenvalue weighted by Crippen LogP contribution is 2.34. The molecule has 4 rings (SSSR count). The Morgan fingerprint density at radius 2 is 1.82 bits per heavy atom. The minimum atomic E-state index is -4.36. The number of aryl methyl sites for hydroxylation is 1. The van der Waals surface area contributed by atoms with Gasteiger partial charge in [0.1, 0.15) is 17.3 Å². The van der Waals surface area contributed by atoms with Gasteiger partial charge in [-0.3, -0.25) is 0 Å². The number of aromatic nitrogens is 3. The van der Waals surface area contributed by atoms with Crippen LogP contribution in [0.5, 0.6) is 5.88 Å². The Morgan fingerprint density at radius 3 is 2.50 bits per heavy atom. The second-order valence-corrected chi connectivity index (χ2v) is 7.26. The van der Waals surface area contributed by atoms with Gasteiger partial charge in [0.05, 0.1) is 5.56 Å². The molecule has 0 unspecified atom stereocenters. The van der Waals surface area contributed by atoms with Gasteiger partial charge < -0.3 is 14.2 Å². The Balaban J connectivity index is 1.70. The maximum atomic E-state index is 12.8. The van der Waals surface area contributed by atoms with E-state index < -0.39 is 11.7 Å². The second-order valence-electron chi connectivity index (χ2n) is 7.26. The minimum absolute atomic E-state index is 0.0445. The predicted molar refractivity (Wildman–Crippen MR) is 100 cm³/mol. The molecular formula is C20H21F3N4O. The van der Waals surface area contributed by atoms with Crippen molar-refractivity contribution in [2.45, 2.75) is 25.1 Å². The summed E-state index contributed by atoms with van der Waals surface area (Å²) in [7, 11) is 3.95. The molecule has 0 spiro atoms. The molecule has 1 aliphatic heterocycles. The summed E-state index contributed by atoms with van der Waals surface area (Å²) in [6, 6.07) is 6.87. The van der Waals surface area contributed by atoms with E-state index in [0.717, 1.165) is 49.0 Å². The molecule has 8 heteroatoms. The Morgan fingerprint density at radius 1 is 1.07 bits per heavy atom. The zero-order valence-corrected chi connectivity index (χ0v) is 15.7. The third-order valence-corrected chi connectivity index (χ3v) is 5.12. The van der Waals surface area contributed by atoms with Crippen molar-refractivity contribution in [3.05, 3.63) is 42.1 Å². The fourth-order valence-electron chi connectivity index (χ4n) is 3.67. The monoisotopic (exact) mass is 390 g/mol. The molecule has 0 aliphatic carbocycles. The van der Waals surface area contributed by atoms with E-state index in [1.807, 2.05) is 23.9 Å². The number of nitrogens with zero attached hydrogens (tertiary/aromatic N) is 4. The molecule has 0 radical (unpaired) electrons. The lowest BCUT2D eigenvalue weighted by Crippen LogP contribution is -2.38. The molecule has 148 valence electrons. The lowest BCUT2D eigenvalue weighted by atomic mass is 10.1. The maximum Gasteiger partial charge on any atom is 0.416 e. The van der Waals surface area contributed by atoms with Crippen LogP contribution in [0, 0.1) is 0 Å². The number of ether oxygens (including phenoxy) is 1. The summed E-state index contributed by atoms with van der Waals surface area (Å²) >= 11 is 0. The van der Waals surface area contributed by atoms with E-state index in [0.29, 0.717) is 17.1 Å². The molecule has 1 saturated heterocycles. The van der Waals surface area contributed by atoms with Gasteiger partial charge in [-0.2, -0.15) is 13.2 Å². The smallest absolute Gasteiger partial charge is 0.416 e. The SMILES string of the molecule is CN1CCC[C@@H](Oc2nnc(-c3ccc(C(F)(F)F)cc3)c3ccn(C)c23)C1. The first kappa shape index (κ1) is 18.7. The van der Waals surface area contributed by atoms with Gasteiger partial charge in [0.15, 0.2) is 0 Å². The van der Waals surface area contributed by atoms with Crippen molar-refractivity contribution in [2.75, 3.05) is 20.1 Å². The van der Waals surface area contributed by atoms with Crippen molar-refractivity contribution in [2.24, 2.45) is 7.05 Å². The quantitative estimate of drug-likeness (QED) is 0.675. The van der Waals surface area contributed by atoms with Crippen LogP contribution >= 0.6 is 0 Å². The van der Waals surface area contributed by atoms with E-state index in [9.17, 15) is 13.2 Å². The van der Waals surface area contributed by atoms with Gasteiger partial charge >= 0.3 is 6.18 Å². The van der Waals surface area contributed by atoms with Gasteiger partial charge in [-0.15, -0.1) is 10.2 Å². The zero-order chi connectivity index (χ0) is 19.9. The number of halogens is 3. The van der Waals surface area contributed by atoms with Crippen LogP contribution < -0.4 is 4.74 Å². The van der Waals surface area contributed by atoms with Crippen molar-refractivity contribution >= 4 is 10.9 Å². The fraction of sp³-hybridized carbons (Fsp3) is 0.400. The molecule has 0 amide bonds. The van der Waals surface area contributed by atoms with Gasteiger partial charge in [-0.1, -0.05) is 12.1 Å². The molecule has 1 aromatic carbocycles. The number of likely N-dealkylation sites (tertiary alicyclic amines) is 1. The summed E-state index contributed by atoms with van der Waals surface area (Å²) in [5.74, 6) is 0.457. The number of alkyl halides is 3. The molecule has 5 nitrogen and oxygen atoms in total. The summed E-state index contributed by atoms with van der Waals surface area (Å²) in [6.45, 7) is 1.88. The first-order chi connectivity index (χ1) is 13.3. The first-order valence-corrected chi connectivity index (χ1v) is 9.17. The second kappa shape index (κ2) is 7.09. The number of rotatable bonds is 3. The van der Waals surface area contributed by atoms with E-state index >= 15 is 0 Å². The van der Waals surface area contributed by atoms with Gasteiger partial charge in [-0.05, 0) is 44.6 Å². The van der Waals surface area contributed by atoms with Crippen LogP contribution in [0.4, 0.5) is 13.2 Å². The predicted octanol–water partition coefficient (Wildman–Crippen LogP) is 4.13. The van der Waals surface area contributed by atoms with Crippen molar-refractivity contribution in [3.63, 3.8) is 0 Å². The van der Waals surface area contributed by atoms with E-state index in [1.54, 1.807) is 0 Å². The van der Waals surface area contributed by atoms with Crippen LogP contribution in [-0.4, -0.2) is 45.9 Å². The Kier molecular flexibility index (Phi) is 4.74. The highest BCUT2D eigenvalue weighted by Gasteiger charge is 2.30. The molecule has 1 aliphatic rings. The highest BCUT2D eigenvalue weighted by atomic mass is 19.4. The lowest BCUT2D eigenvalue weighted by Gasteiger charge is -2.29. The zero-order valence-electron chi connectivity index (χ0n) is 15.7. The van der Waals surface area contributed by atoms with Gasteiger partial charge in [0, 0.05) is 30.7 Å². The van der Waals surface area contributed by atoms with Gasteiger partial charge in [0.25, 0.3) is 5.88 Å². The third-order valence-electron chi connectivity index (χ3n) is 5.12. The van der Waals surface area contributed by atoms with Crippen molar-refractivity contribution < 1.29 is 17.9 Å². The molecule has 3 heterocycles. The average Bonchev–Trinajstić information content (AvgIpc) is 3.04. The number of benzene rings is 1. The standard InChI is InChI=1S/C20H21F3N4O/c1-26-10-3-4-15(12-26)28-19-18-16(9-11-27(18)2)17(24-25-19)13-5-7-14(8-6-13)20(21,22)23/h5-9,11,15H,3-4,10,12H2,1-2H3/t15-/m1/s1. The van der Waals surface area contributed by atoms with Crippen LogP contribution in [0.25, 0.3) is 22.2 Å². The van der Waals surface area contributed by atoms with Crippen molar-refractivity contribution in [3.8, 4) is 17.1 Å². The summed E-state index contributed by atoms with van der Waals surface area (Å²) in [5.41, 5.74) is 1.23. The number of piperidine rings is 1. The maximum absolute atomic E-state index is 12.8. The Labute approximate surface area is 160 Å². The topological polar surface area (TPSA) is 43.2 Å². The van der Waals surface area contributed by atoms with E-state index in [2.05, 4.69) is 22.1 Å². The molecule has 2 aromatic heterocycles. The highest BCUT2D eigenvalue weighted by molar-refractivity contribution is 5.95. The summed E-state index contributed by atoms with van der Waals surface area (Å²) < 4.78 is 46.5. The average molecular weight is 390 g/mol. The molecule has 0 bridgehead atoms. The van der Waals surface area contributed by atoms with E-state index in [1.165, 1.54) is 12.1 Å². The lowest BCUT2D eigenvalue weighted by molar-refractivity contribution is -0.137. The largest absolute Gasteiger partial charge is 0.470 e. The van der Waals surface area contributed by atoms with E-state index in [4.69, 9.17) is 4.74 Å². The van der Waals surface area contributed by atoms with E-state index in [-0.39, 0.29) is 6.10 Å². The molecule has 0 saturated carbocycles. The van der Waals surface area contributed by atoms with Crippen LogP contribution in [-0.2, 0) is 13.2 Å². The van der Waals surface area contributed by atoms with Crippen molar-refractivity contribution in [1.29, 1.82) is 0 Å². The molecule has 0 N–H and O–H groups in total. The number of hydrogen-bond acceptors (Lipinski definition) is 4. The molecule has 3 aromatic rings. The number of likely N-dealkylation sites (N-methyl/N-ethyl adjacent to an activating group) is 1. The molecule has 1 fully saturated rings. The van der Waals surface area contributed by atoms with Crippen LogP contribution in [0.3, 0.4) is 0 Å². The van der Waals surface area contributed by atoms with Gasteiger partial charge in [-0.25, -0.2) is 0 Å². The van der Waals surface area contributed by atoms with Crippen LogP contribution in [0.2, 0.25) is 0 Å². The summed E-state index contributed by atoms with van der Waals surface area (Å²) in [5, 5.41) is 9.36. The fourth-order valence-corrected chi connectivity index (χ4v) is 3.67. The summed E-state index contributed by atoms with van der Waals surface area (Å²) in [6.07, 6.45) is -0.422. The summed E-state index contributed by atoms with van der Waals surface area (Å²) in [4.78, 5) is 2.22. The Hall–Kier alpha value is -2.61. The van der Waals surface area contributed by atoms with Gasteiger partial charge in [0.2, 0.25) is 0 Å². The molecule has 28 heavy (non-hydrogen) atoms.